The van der Waals surface area contributed by atoms with E-state index >= 15 is 0 Å². The van der Waals surface area contributed by atoms with Crippen molar-refractivity contribution in [3.8, 4) is 0 Å². The third-order valence-corrected chi connectivity index (χ3v) is 5.02. The minimum Gasteiger partial charge on any atom is -0.384 e. The molecular weight excluding hydrogens is 330 g/mol. The van der Waals surface area contributed by atoms with Crippen molar-refractivity contribution in [2.45, 2.75) is 37.7 Å². The van der Waals surface area contributed by atoms with Gasteiger partial charge in [0, 0.05) is 22.6 Å². The molecule has 0 bridgehead atoms. The molecule has 5 heteroatoms. The van der Waals surface area contributed by atoms with Gasteiger partial charge in [0.15, 0.2) is 0 Å². The van der Waals surface area contributed by atoms with Crippen LogP contribution in [0.2, 0.25) is 0 Å². The van der Waals surface area contributed by atoms with E-state index in [1.807, 2.05) is 26.2 Å². The van der Waals surface area contributed by atoms with Crippen LogP contribution in [-0.2, 0) is 12.0 Å². The fourth-order valence-electron chi connectivity index (χ4n) is 2.89. The minimum atomic E-state index is -0.943. The molecule has 0 aliphatic carbocycles. The lowest BCUT2D eigenvalue weighted by atomic mass is 10.0. The standard InChI is InChI=1S/C20H25N3OS/c1-13-16(12-14-6-8-15(9-7-14)25-23(4)5)19-17(21-13)10-11-18(22-19)20(2,3)24/h6-11,21,24H,12H2,1-5H3. The minimum absolute atomic E-state index is 0.693. The van der Waals surface area contributed by atoms with E-state index in [1.54, 1.807) is 25.8 Å². The molecule has 2 N–H and O–H groups in total. The predicted molar refractivity (Wildman–Crippen MR) is 105 cm³/mol. The highest BCUT2D eigenvalue weighted by molar-refractivity contribution is 7.97. The molecule has 0 aliphatic rings. The summed E-state index contributed by atoms with van der Waals surface area (Å²) in [6, 6.07) is 12.5. The van der Waals surface area contributed by atoms with Crippen LogP contribution in [0, 0.1) is 6.92 Å². The molecule has 0 radical (unpaired) electrons. The highest BCUT2D eigenvalue weighted by atomic mass is 32.2. The van der Waals surface area contributed by atoms with Crippen LogP contribution in [0.15, 0.2) is 41.3 Å². The smallest absolute Gasteiger partial charge is 0.101 e. The summed E-state index contributed by atoms with van der Waals surface area (Å²) < 4.78 is 2.08. The lowest BCUT2D eigenvalue weighted by Gasteiger charge is -2.16. The average molecular weight is 356 g/mol. The van der Waals surface area contributed by atoms with Crippen LogP contribution in [0.4, 0.5) is 0 Å². The van der Waals surface area contributed by atoms with Crippen molar-refractivity contribution in [3.63, 3.8) is 0 Å². The maximum Gasteiger partial charge on any atom is 0.101 e. The molecule has 0 saturated heterocycles. The van der Waals surface area contributed by atoms with Crippen molar-refractivity contribution in [1.82, 2.24) is 14.3 Å². The number of hydrogen-bond donors (Lipinski definition) is 2. The van der Waals surface area contributed by atoms with Crippen LogP contribution in [0.1, 0.15) is 36.4 Å². The maximum absolute atomic E-state index is 10.3. The predicted octanol–water partition coefficient (Wildman–Crippen LogP) is 4.26. The Balaban J connectivity index is 1.94. The zero-order valence-corrected chi connectivity index (χ0v) is 16.2. The number of aliphatic hydroxyl groups is 1. The Morgan fingerprint density at radius 2 is 1.80 bits per heavy atom. The number of rotatable bonds is 5. The number of aromatic amines is 1. The Bertz CT molecular complexity index is 876. The van der Waals surface area contributed by atoms with Crippen LogP contribution in [0.3, 0.4) is 0 Å². The number of aryl methyl sites for hydroxylation is 1. The first-order valence-corrected chi connectivity index (χ1v) is 9.16. The van der Waals surface area contributed by atoms with Gasteiger partial charge in [0.05, 0.1) is 16.7 Å². The van der Waals surface area contributed by atoms with E-state index < -0.39 is 5.60 Å². The van der Waals surface area contributed by atoms with Crippen LogP contribution in [0.25, 0.3) is 11.0 Å². The highest BCUT2D eigenvalue weighted by Gasteiger charge is 2.20. The van der Waals surface area contributed by atoms with Gasteiger partial charge in [0.1, 0.15) is 5.60 Å². The molecule has 0 unspecified atom stereocenters. The zero-order chi connectivity index (χ0) is 18.2. The second-order valence-corrected chi connectivity index (χ2v) is 8.49. The van der Waals surface area contributed by atoms with Crippen molar-refractivity contribution in [2.24, 2.45) is 0 Å². The van der Waals surface area contributed by atoms with Crippen molar-refractivity contribution < 1.29 is 5.11 Å². The summed E-state index contributed by atoms with van der Waals surface area (Å²) in [4.78, 5) is 9.37. The average Bonchev–Trinajstić information content (AvgIpc) is 2.83. The summed E-state index contributed by atoms with van der Waals surface area (Å²) in [5.74, 6) is 0. The molecule has 2 aromatic heterocycles. The summed E-state index contributed by atoms with van der Waals surface area (Å²) in [6.45, 7) is 5.61. The number of fused-ring (bicyclic) bond motifs is 1. The van der Waals surface area contributed by atoms with Crippen LogP contribution < -0.4 is 0 Å². The van der Waals surface area contributed by atoms with Crippen LogP contribution in [-0.4, -0.2) is 33.5 Å². The van der Waals surface area contributed by atoms with Crippen molar-refractivity contribution >= 4 is 23.0 Å². The number of aromatic nitrogens is 2. The van der Waals surface area contributed by atoms with Crippen LogP contribution >= 0.6 is 11.9 Å². The Labute approximate surface area is 153 Å². The van der Waals surface area contributed by atoms with Gasteiger partial charge in [-0.15, -0.1) is 0 Å². The van der Waals surface area contributed by atoms with E-state index in [0.29, 0.717) is 5.69 Å². The number of nitrogens with one attached hydrogen (secondary N) is 1. The molecule has 0 aliphatic heterocycles. The Kier molecular flexibility index (Phi) is 4.91. The highest BCUT2D eigenvalue weighted by Crippen LogP contribution is 2.27. The second kappa shape index (κ2) is 6.83. The number of pyridine rings is 1. The largest absolute Gasteiger partial charge is 0.384 e. The molecule has 3 aromatic rings. The monoisotopic (exact) mass is 355 g/mol. The quantitative estimate of drug-likeness (QED) is 0.672. The molecule has 4 nitrogen and oxygen atoms in total. The van der Waals surface area contributed by atoms with Crippen molar-refractivity contribution in [2.75, 3.05) is 14.1 Å². The maximum atomic E-state index is 10.3. The molecule has 1 aromatic carbocycles. The molecular formula is C20H25N3OS. The Hall–Kier alpha value is -1.82. The molecule has 0 spiro atoms. The van der Waals surface area contributed by atoms with Gasteiger partial charge < -0.3 is 10.1 Å². The first kappa shape index (κ1) is 18.0. The Morgan fingerprint density at radius 3 is 2.40 bits per heavy atom. The van der Waals surface area contributed by atoms with Gasteiger partial charge in [0.25, 0.3) is 0 Å². The molecule has 132 valence electrons. The van der Waals surface area contributed by atoms with E-state index in [-0.39, 0.29) is 0 Å². The molecule has 3 rings (SSSR count). The fourth-order valence-corrected chi connectivity index (χ4v) is 3.56. The van der Waals surface area contributed by atoms with Gasteiger partial charge in [-0.25, -0.2) is 4.98 Å². The first-order chi connectivity index (χ1) is 11.7. The van der Waals surface area contributed by atoms with E-state index in [1.165, 1.54) is 16.0 Å². The molecule has 0 amide bonds. The van der Waals surface area contributed by atoms with E-state index in [2.05, 4.69) is 40.5 Å². The topological polar surface area (TPSA) is 52.1 Å². The summed E-state index contributed by atoms with van der Waals surface area (Å²) in [7, 11) is 4.08. The SMILES string of the molecule is Cc1[nH]c2ccc(C(C)(C)O)nc2c1Cc1ccc(SN(C)C)cc1. The number of benzene rings is 1. The van der Waals surface area contributed by atoms with E-state index in [9.17, 15) is 5.11 Å². The Morgan fingerprint density at radius 1 is 1.12 bits per heavy atom. The van der Waals surface area contributed by atoms with Gasteiger partial charge in [-0.05, 0) is 76.6 Å². The first-order valence-electron chi connectivity index (χ1n) is 8.39. The number of nitrogens with zero attached hydrogens (tertiary/aromatic N) is 2. The molecule has 0 fully saturated rings. The van der Waals surface area contributed by atoms with Gasteiger partial charge in [-0.3, -0.25) is 4.31 Å². The third kappa shape index (κ3) is 4.06. The summed E-state index contributed by atoms with van der Waals surface area (Å²) in [6.07, 6.45) is 0.820. The molecule has 25 heavy (non-hydrogen) atoms. The van der Waals surface area contributed by atoms with Gasteiger partial charge in [0.2, 0.25) is 0 Å². The van der Waals surface area contributed by atoms with Gasteiger partial charge >= 0.3 is 0 Å². The summed E-state index contributed by atoms with van der Waals surface area (Å²) in [5, 5.41) is 10.3. The normalized spacial score (nSPS) is 12.3. The fraction of sp³-hybridized carbons (Fsp3) is 0.350. The lowest BCUT2D eigenvalue weighted by molar-refractivity contribution is 0.0742. The molecule has 2 heterocycles. The number of H-pyrrole nitrogens is 1. The third-order valence-electron chi connectivity index (χ3n) is 4.17. The van der Waals surface area contributed by atoms with Crippen LogP contribution in [0.5, 0.6) is 0 Å². The van der Waals surface area contributed by atoms with Crippen molar-refractivity contribution in [1.29, 1.82) is 0 Å². The second-order valence-electron chi connectivity index (χ2n) is 7.10. The zero-order valence-electron chi connectivity index (χ0n) is 15.4. The van der Waals surface area contributed by atoms with Gasteiger partial charge in [-0.2, -0.15) is 0 Å². The van der Waals surface area contributed by atoms with E-state index in [4.69, 9.17) is 4.98 Å². The van der Waals surface area contributed by atoms with E-state index in [0.717, 1.165) is 23.1 Å². The lowest BCUT2D eigenvalue weighted by Crippen LogP contribution is -2.17. The number of hydrogen-bond acceptors (Lipinski definition) is 4. The molecule has 0 atom stereocenters. The van der Waals surface area contributed by atoms with Crippen molar-refractivity contribution in [3.05, 3.63) is 58.9 Å². The van der Waals surface area contributed by atoms with Gasteiger partial charge in [-0.1, -0.05) is 12.1 Å². The summed E-state index contributed by atoms with van der Waals surface area (Å²) >= 11 is 1.71. The molecule has 0 saturated carbocycles. The summed E-state index contributed by atoms with van der Waals surface area (Å²) in [5.41, 5.74) is 5.28.